The molecule has 14 atom stereocenters. The van der Waals surface area contributed by atoms with Gasteiger partial charge in [0, 0.05) is 0 Å². The van der Waals surface area contributed by atoms with Crippen molar-refractivity contribution in [1.82, 2.24) is 0 Å². The molecule has 8 rings (SSSR count). The summed E-state index contributed by atoms with van der Waals surface area (Å²) in [5.41, 5.74) is 2.84. The van der Waals surface area contributed by atoms with Crippen molar-refractivity contribution in [2.45, 2.75) is 156 Å². The molecule has 0 spiro atoms. The van der Waals surface area contributed by atoms with Crippen LogP contribution in [-0.4, -0.2) is 0 Å². The van der Waals surface area contributed by atoms with Crippen LogP contribution in [0, 0.1) is 80.8 Å². The summed E-state index contributed by atoms with van der Waals surface area (Å²) >= 11 is 0. The van der Waals surface area contributed by atoms with Crippen LogP contribution in [0.4, 0.5) is 0 Å². The van der Waals surface area contributed by atoms with Crippen LogP contribution < -0.4 is 0 Å². The second kappa shape index (κ2) is 8.76. The first-order valence-electron chi connectivity index (χ1n) is 18.2. The molecule has 0 aromatic rings. The lowest BCUT2D eigenvalue weighted by atomic mass is 9.42. The molecule has 8 aliphatic rings. The molecule has 0 N–H and O–H groups in total. The predicted molar refractivity (Wildman–Crippen MR) is 160 cm³/mol. The van der Waals surface area contributed by atoms with E-state index >= 15 is 0 Å². The summed E-state index contributed by atoms with van der Waals surface area (Å²) in [5, 5.41) is 0. The van der Waals surface area contributed by atoms with E-state index in [1.54, 1.807) is 116 Å². The molecule has 0 heterocycles. The van der Waals surface area contributed by atoms with Crippen LogP contribution in [0.15, 0.2) is 0 Å². The Bertz CT molecular complexity index is 845. The van der Waals surface area contributed by atoms with Gasteiger partial charge in [-0.3, -0.25) is 0 Å². The summed E-state index contributed by atoms with van der Waals surface area (Å²) in [4.78, 5) is 0. The van der Waals surface area contributed by atoms with Crippen LogP contribution in [-0.2, 0) is 0 Å². The van der Waals surface area contributed by atoms with Gasteiger partial charge >= 0.3 is 0 Å². The molecule has 0 aromatic heterocycles. The monoisotopic (exact) mass is 518 g/mol. The fraction of sp³-hybridized carbons (Fsp3) is 1.00. The molecular formula is C38H62. The Morgan fingerprint density at radius 3 is 1.29 bits per heavy atom. The van der Waals surface area contributed by atoms with Crippen molar-refractivity contribution >= 4 is 0 Å². The summed E-state index contributed by atoms with van der Waals surface area (Å²) in [6.45, 7) is 11.0. The third kappa shape index (κ3) is 3.52. The van der Waals surface area contributed by atoms with Gasteiger partial charge in [-0.2, -0.15) is 0 Å². The smallest absolute Gasteiger partial charge is 0.0266 e. The zero-order valence-electron chi connectivity index (χ0n) is 25.9. The Morgan fingerprint density at radius 1 is 0.395 bits per heavy atom. The maximum atomic E-state index is 2.82. The van der Waals surface area contributed by atoms with Crippen molar-refractivity contribution in [2.24, 2.45) is 80.8 Å². The molecule has 0 radical (unpaired) electrons. The highest BCUT2D eigenvalue weighted by molar-refractivity contribution is 5.10. The van der Waals surface area contributed by atoms with Gasteiger partial charge in [0.1, 0.15) is 0 Å². The van der Waals surface area contributed by atoms with E-state index in [4.69, 9.17) is 0 Å². The summed E-state index contributed by atoms with van der Waals surface area (Å²) in [7, 11) is 0. The summed E-state index contributed by atoms with van der Waals surface area (Å²) in [6, 6.07) is 0. The van der Waals surface area contributed by atoms with Crippen molar-refractivity contribution in [3.63, 3.8) is 0 Å². The number of hydrogen-bond donors (Lipinski definition) is 0. The standard InChI is InChI=1S/C38H62/c1-35-17-5-7-31(35)29-11-9-27-23-25(13-21-37(27,3)33(29)15-19-35)26-14-22-38(4)28(24-26)10-12-30-32-8-6-18-36(32,2)20-16-34(30)38/h25-34H,5-24H2,1-4H3. The Hall–Kier alpha value is 0. The first-order chi connectivity index (χ1) is 18.2. The van der Waals surface area contributed by atoms with Crippen LogP contribution in [0.3, 0.4) is 0 Å². The quantitative estimate of drug-likeness (QED) is 0.324. The molecular weight excluding hydrogens is 456 g/mol. The predicted octanol–water partition coefficient (Wildman–Crippen LogP) is 11.1. The van der Waals surface area contributed by atoms with Crippen LogP contribution >= 0.6 is 0 Å². The van der Waals surface area contributed by atoms with E-state index in [2.05, 4.69) is 27.7 Å². The third-order valence-corrected chi connectivity index (χ3v) is 17.6. The van der Waals surface area contributed by atoms with Gasteiger partial charge in [-0.1, -0.05) is 40.5 Å². The van der Waals surface area contributed by atoms with E-state index in [9.17, 15) is 0 Å². The Morgan fingerprint density at radius 2 is 0.842 bits per heavy atom. The minimum Gasteiger partial charge on any atom is -0.0594 e. The average molecular weight is 519 g/mol. The van der Waals surface area contributed by atoms with E-state index in [-0.39, 0.29) is 0 Å². The van der Waals surface area contributed by atoms with E-state index in [0.29, 0.717) is 10.8 Å². The van der Waals surface area contributed by atoms with Crippen LogP contribution in [0.5, 0.6) is 0 Å². The summed E-state index contributed by atoms with van der Waals surface area (Å²) in [6.07, 6.45) is 31.7. The van der Waals surface area contributed by atoms with Gasteiger partial charge in [0.05, 0.1) is 0 Å². The van der Waals surface area contributed by atoms with E-state index in [0.717, 1.165) is 70.0 Å². The molecule has 0 aliphatic heterocycles. The highest BCUT2D eigenvalue weighted by Crippen LogP contribution is 2.69. The second-order valence-electron chi connectivity index (χ2n) is 18.6. The Balaban J connectivity index is 0.947. The lowest BCUT2D eigenvalue weighted by molar-refractivity contribution is -0.133. The lowest BCUT2D eigenvalue weighted by Crippen LogP contribution is -2.54. The van der Waals surface area contributed by atoms with Gasteiger partial charge in [-0.05, 0) is 196 Å². The first-order valence-corrected chi connectivity index (χ1v) is 18.2. The Labute approximate surface area is 236 Å². The largest absolute Gasteiger partial charge is 0.0594 e. The molecule has 0 nitrogen and oxygen atoms in total. The maximum Gasteiger partial charge on any atom is -0.0266 e. The fourth-order valence-corrected chi connectivity index (χ4v) is 15.4. The average Bonchev–Trinajstić information content (AvgIpc) is 3.50. The zero-order valence-corrected chi connectivity index (χ0v) is 25.9. The van der Waals surface area contributed by atoms with Gasteiger partial charge in [0.25, 0.3) is 0 Å². The fourth-order valence-electron chi connectivity index (χ4n) is 15.4. The SMILES string of the molecule is CC12CCCC1C1CCC3CC(C4CCC5(C)C(CCC6C7CCCC7(C)CCC65)C4)CCC3(C)C1CC2. The van der Waals surface area contributed by atoms with Crippen LogP contribution in [0.2, 0.25) is 0 Å². The zero-order chi connectivity index (χ0) is 25.9. The maximum absolute atomic E-state index is 2.82. The molecule has 0 bridgehead atoms. The molecule has 0 saturated heterocycles. The minimum absolute atomic E-state index is 0.695. The second-order valence-corrected chi connectivity index (χ2v) is 18.6. The van der Waals surface area contributed by atoms with E-state index < -0.39 is 0 Å². The number of rotatable bonds is 1. The highest BCUT2D eigenvalue weighted by atomic mass is 14.7. The number of fused-ring (bicyclic) bond motifs is 10. The van der Waals surface area contributed by atoms with E-state index in [1.807, 2.05) is 0 Å². The molecule has 8 saturated carbocycles. The van der Waals surface area contributed by atoms with Crippen LogP contribution in [0.1, 0.15) is 156 Å². The van der Waals surface area contributed by atoms with Gasteiger partial charge < -0.3 is 0 Å². The molecule has 0 amide bonds. The van der Waals surface area contributed by atoms with Crippen molar-refractivity contribution in [3.8, 4) is 0 Å². The van der Waals surface area contributed by atoms with Gasteiger partial charge in [0.2, 0.25) is 0 Å². The van der Waals surface area contributed by atoms with Crippen molar-refractivity contribution < 1.29 is 0 Å². The molecule has 0 heteroatoms. The molecule has 8 aliphatic carbocycles. The van der Waals surface area contributed by atoms with Crippen molar-refractivity contribution in [1.29, 1.82) is 0 Å². The minimum atomic E-state index is 0.695. The molecule has 214 valence electrons. The Kier molecular flexibility index (Phi) is 5.92. The molecule has 0 aromatic carbocycles. The normalized spacial score (nSPS) is 61.6. The van der Waals surface area contributed by atoms with Crippen molar-refractivity contribution in [2.75, 3.05) is 0 Å². The topological polar surface area (TPSA) is 0 Å². The molecule has 14 unspecified atom stereocenters. The molecule has 38 heavy (non-hydrogen) atoms. The number of hydrogen-bond acceptors (Lipinski definition) is 0. The highest BCUT2D eigenvalue weighted by Gasteiger charge is 2.60. The summed E-state index contributed by atoms with van der Waals surface area (Å²) < 4.78 is 0. The third-order valence-electron chi connectivity index (χ3n) is 17.6. The van der Waals surface area contributed by atoms with Gasteiger partial charge in [-0.25, -0.2) is 0 Å². The summed E-state index contributed by atoms with van der Waals surface area (Å²) in [5.74, 6) is 10.8. The van der Waals surface area contributed by atoms with Crippen molar-refractivity contribution in [3.05, 3.63) is 0 Å². The van der Waals surface area contributed by atoms with Gasteiger partial charge in [0.15, 0.2) is 0 Å². The van der Waals surface area contributed by atoms with Gasteiger partial charge in [-0.15, -0.1) is 0 Å². The van der Waals surface area contributed by atoms with Crippen LogP contribution in [0.25, 0.3) is 0 Å². The lowest BCUT2D eigenvalue weighted by Gasteiger charge is -2.63. The van der Waals surface area contributed by atoms with E-state index in [1.165, 1.54) is 12.8 Å². The first kappa shape index (κ1) is 25.7. The molecule has 8 fully saturated rings.